The van der Waals surface area contributed by atoms with Crippen LogP contribution >= 0.6 is 15.9 Å². The minimum atomic E-state index is -0.130. The molecule has 0 saturated heterocycles. The zero-order chi connectivity index (χ0) is 14.3. The van der Waals surface area contributed by atoms with E-state index in [9.17, 15) is 4.79 Å². The molecular formula is C14H21BrN2O2. The van der Waals surface area contributed by atoms with Crippen LogP contribution in [0.15, 0.2) is 22.7 Å². The van der Waals surface area contributed by atoms with Crippen molar-refractivity contribution in [2.24, 2.45) is 0 Å². The van der Waals surface area contributed by atoms with Crippen LogP contribution in [0.25, 0.3) is 0 Å². The molecule has 0 unspecified atom stereocenters. The average molecular weight is 329 g/mol. The van der Waals surface area contributed by atoms with Crippen LogP contribution in [-0.2, 0) is 4.74 Å². The summed E-state index contributed by atoms with van der Waals surface area (Å²) in [6.07, 6.45) is 2.10. The van der Waals surface area contributed by atoms with E-state index in [1.54, 1.807) is 12.1 Å². The summed E-state index contributed by atoms with van der Waals surface area (Å²) >= 11 is 3.31. The minimum absolute atomic E-state index is 0.130. The number of carbonyl (C=O) groups is 1. The Bertz CT molecular complexity index is 422. The number of halogens is 1. The number of nitrogens with one attached hydrogen (secondary N) is 1. The van der Waals surface area contributed by atoms with E-state index in [0.717, 1.165) is 23.9 Å². The van der Waals surface area contributed by atoms with Crippen molar-refractivity contribution >= 4 is 27.5 Å². The highest BCUT2D eigenvalue weighted by Gasteiger charge is 2.08. The zero-order valence-electron chi connectivity index (χ0n) is 11.4. The number of hydrogen-bond donors (Lipinski definition) is 2. The molecule has 0 aromatic heterocycles. The number of ether oxygens (including phenoxy) is 1. The summed E-state index contributed by atoms with van der Waals surface area (Å²) in [5, 5.41) is 2.86. The fraction of sp³-hybridized carbons (Fsp3) is 0.500. The second kappa shape index (κ2) is 8.17. The number of nitrogens with two attached hydrogens (primary N) is 1. The molecule has 1 rings (SSSR count). The molecule has 0 saturated carbocycles. The number of hydrogen-bond acceptors (Lipinski definition) is 3. The van der Waals surface area contributed by atoms with Gasteiger partial charge in [-0.25, -0.2) is 0 Å². The lowest BCUT2D eigenvalue weighted by Crippen LogP contribution is -2.25. The lowest BCUT2D eigenvalue weighted by Gasteiger charge is -2.09. The van der Waals surface area contributed by atoms with Gasteiger partial charge in [-0.15, -0.1) is 0 Å². The van der Waals surface area contributed by atoms with Gasteiger partial charge in [0.05, 0.1) is 11.7 Å². The summed E-state index contributed by atoms with van der Waals surface area (Å²) in [5.41, 5.74) is 6.79. The molecule has 0 aliphatic rings. The Morgan fingerprint density at radius 1 is 1.42 bits per heavy atom. The lowest BCUT2D eigenvalue weighted by atomic mass is 10.1. The van der Waals surface area contributed by atoms with Crippen molar-refractivity contribution in [2.75, 3.05) is 18.9 Å². The van der Waals surface area contributed by atoms with Gasteiger partial charge in [0.25, 0.3) is 5.91 Å². The predicted molar refractivity (Wildman–Crippen MR) is 81.2 cm³/mol. The lowest BCUT2D eigenvalue weighted by molar-refractivity contribution is 0.0754. The van der Waals surface area contributed by atoms with Crippen LogP contribution in [0.5, 0.6) is 0 Å². The van der Waals surface area contributed by atoms with Crippen LogP contribution in [0, 0.1) is 0 Å². The summed E-state index contributed by atoms with van der Waals surface area (Å²) in [6, 6.07) is 5.25. The van der Waals surface area contributed by atoms with Crippen LogP contribution in [0.2, 0.25) is 0 Å². The van der Waals surface area contributed by atoms with Crippen LogP contribution in [-0.4, -0.2) is 25.2 Å². The Morgan fingerprint density at radius 3 is 2.79 bits per heavy atom. The maximum Gasteiger partial charge on any atom is 0.253 e. The number of benzene rings is 1. The Kier molecular flexibility index (Phi) is 6.87. The van der Waals surface area contributed by atoms with Crippen molar-refractivity contribution in [3.63, 3.8) is 0 Å². The molecule has 0 aliphatic heterocycles. The summed E-state index contributed by atoms with van der Waals surface area (Å²) < 4.78 is 6.30. The number of unbranched alkanes of at least 4 members (excludes halogenated alkanes) is 1. The van der Waals surface area contributed by atoms with Crippen molar-refractivity contribution in [2.45, 2.75) is 32.8 Å². The SMILES string of the molecule is CC(C)OCCCCNC(=O)c1ccc(Br)cc1N. The van der Waals surface area contributed by atoms with Gasteiger partial charge in [-0.1, -0.05) is 15.9 Å². The molecule has 0 fully saturated rings. The van der Waals surface area contributed by atoms with E-state index < -0.39 is 0 Å². The summed E-state index contributed by atoms with van der Waals surface area (Å²) in [5.74, 6) is -0.130. The van der Waals surface area contributed by atoms with Crippen molar-refractivity contribution < 1.29 is 9.53 Å². The van der Waals surface area contributed by atoms with Gasteiger partial charge in [-0.2, -0.15) is 0 Å². The van der Waals surface area contributed by atoms with E-state index >= 15 is 0 Å². The van der Waals surface area contributed by atoms with Crippen molar-refractivity contribution in [3.8, 4) is 0 Å². The normalized spacial score (nSPS) is 10.7. The first-order valence-electron chi connectivity index (χ1n) is 6.45. The Morgan fingerprint density at radius 2 is 2.16 bits per heavy atom. The third kappa shape index (κ3) is 6.07. The van der Waals surface area contributed by atoms with Crippen molar-refractivity contribution in [1.82, 2.24) is 5.32 Å². The molecular weight excluding hydrogens is 308 g/mol. The highest BCUT2D eigenvalue weighted by Crippen LogP contribution is 2.18. The van der Waals surface area contributed by atoms with E-state index in [1.165, 1.54) is 0 Å². The molecule has 1 aromatic rings. The first-order chi connectivity index (χ1) is 9.00. The first kappa shape index (κ1) is 16.0. The van der Waals surface area contributed by atoms with Gasteiger partial charge < -0.3 is 15.8 Å². The Labute approximate surface area is 122 Å². The maximum absolute atomic E-state index is 11.9. The Hall–Kier alpha value is -1.07. The second-order valence-corrected chi connectivity index (χ2v) is 5.53. The van der Waals surface area contributed by atoms with E-state index in [4.69, 9.17) is 10.5 Å². The first-order valence-corrected chi connectivity index (χ1v) is 7.25. The van der Waals surface area contributed by atoms with E-state index in [0.29, 0.717) is 17.8 Å². The molecule has 1 amide bonds. The molecule has 106 valence electrons. The molecule has 1 aromatic carbocycles. The number of amides is 1. The minimum Gasteiger partial charge on any atom is -0.398 e. The molecule has 3 N–H and O–H groups in total. The average Bonchev–Trinajstić information content (AvgIpc) is 2.32. The zero-order valence-corrected chi connectivity index (χ0v) is 13.0. The van der Waals surface area contributed by atoms with Gasteiger partial charge in [-0.3, -0.25) is 4.79 Å². The molecule has 0 bridgehead atoms. The van der Waals surface area contributed by atoms with E-state index in [2.05, 4.69) is 21.2 Å². The molecule has 0 radical (unpaired) electrons. The van der Waals surface area contributed by atoms with Crippen molar-refractivity contribution in [1.29, 1.82) is 0 Å². The monoisotopic (exact) mass is 328 g/mol. The fourth-order valence-electron chi connectivity index (χ4n) is 1.58. The summed E-state index contributed by atoms with van der Waals surface area (Å²) in [6.45, 7) is 5.39. The van der Waals surface area contributed by atoms with Crippen LogP contribution in [0.1, 0.15) is 37.0 Å². The van der Waals surface area contributed by atoms with Crippen LogP contribution < -0.4 is 11.1 Å². The molecule has 4 nitrogen and oxygen atoms in total. The smallest absolute Gasteiger partial charge is 0.253 e. The van der Waals surface area contributed by atoms with Gasteiger partial charge in [-0.05, 0) is 44.9 Å². The topological polar surface area (TPSA) is 64.3 Å². The third-order valence-electron chi connectivity index (χ3n) is 2.57. The fourth-order valence-corrected chi connectivity index (χ4v) is 1.96. The number of anilines is 1. The van der Waals surface area contributed by atoms with Gasteiger partial charge in [0.1, 0.15) is 0 Å². The van der Waals surface area contributed by atoms with Crippen molar-refractivity contribution in [3.05, 3.63) is 28.2 Å². The van der Waals surface area contributed by atoms with E-state index in [-0.39, 0.29) is 12.0 Å². The largest absolute Gasteiger partial charge is 0.398 e. The summed E-state index contributed by atoms with van der Waals surface area (Å²) in [7, 11) is 0. The Balaban J connectivity index is 2.28. The van der Waals surface area contributed by atoms with Gasteiger partial charge >= 0.3 is 0 Å². The van der Waals surface area contributed by atoms with Gasteiger partial charge in [0, 0.05) is 23.3 Å². The van der Waals surface area contributed by atoms with Crippen LogP contribution in [0.4, 0.5) is 5.69 Å². The number of rotatable bonds is 7. The third-order valence-corrected chi connectivity index (χ3v) is 3.06. The molecule has 5 heteroatoms. The van der Waals surface area contributed by atoms with Gasteiger partial charge in [0.15, 0.2) is 0 Å². The maximum atomic E-state index is 11.9. The summed E-state index contributed by atoms with van der Waals surface area (Å²) in [4.78, 5) is 11.9. The molecule has 0 aliphatic carbocycles. The second-order valence-electron chi connectivity index (χ2n) is 4.61. The highest BCUT2D eigenvalue weighted by atomic mass is 79.9. The quantitative estimate of drug-likeness (QED) is 0.597. The molecule has 19 heavy (non-hydrogen) atoms. The van der Waals surface area contributed by atoms with E-state index in [1.807, 2.05) is 19.9 Å². The molecule has 0 spiro atoms. The van der Waals surface area contributed by atoms with Crippen LogP contribution in [0.3, 0.4) is 0 Å². The predicted octanol–water partition coefficient (Wildman–Crippen LogP) is 2.97. The standard InChI is InChI=1S/C14H21BrN2O2/c1-10(2)19-8-4-3-7-17-14(18)12-6-5-11(15)9-13(12)16/h5-6,9-10H,3-4,7-8,16H2,1-2H3,(H,17,18). The van der Waals surface area contributed by atoms with Gasteiger partial charge in [0.2, 0.25) is 0 Å². The molecule has 0 atom stereocenters. The molecule has 0 heterocycles. The highest BCUT2D eigenvalue weighted by molar-refractivity contribution is 9.10. The number of carbonyl (C=O) groups excluding carboxylic acids is 1. The number of nitrogen functional groups attached to an aromatic ring is 1.